The predicted octanol–water partition coefficient (Wildman–Crippen LogP) is 4.53. The number of benzene rings is 1. The van der Waals surface area contributed by atoms with Crippen LogP contribution in [-0.4, -0.2) is 33.8 Å². The predicted molar refractivity (Wildman–Crippen MR) is 119 cm³/mol. The van der Waals surface area contributed by atoms with Gasteiger partial charge in [-0.25, -0.2) is 4.98 Å². The SMILES string of the molecule is COC(=O)Cc1csc(NC(=O)c2cc3c(C)nn(Cc4ccc(Cl)cc4)c3s2)n1. The molecule has 0 bridgehead atoms. The van der Waals surface area contributed by atoms with Gasteiger partial charge < -0.3 is 4.74 Å². The number of halogens is 1. The van der Waals surface area contributed by atoms with E-state index in [9.17, 15) is 9.59 Å². The molecular formula is C20H17ClN4O3S2. The van der Waals surface area contributed by atoms with Crippen LogP contribution >= 0.6 is 34.3 Å². The number of fused-ring (bicyclic) bond motifs is 1. The summed E-state index contributed by atoms with van der Waals surface area (Å²) in [7, 11) is 1.33. The Bertz CT molecular complexity index is 1230. The molecule has 0 spiro atoms. The minimum absolute atomic E-state index is 0.0749. The third-order valence-electron chi connectivity index (χ3n) is 4.40. The molecule has 0 saturated heterocycles. The number of aryl methyl sites for hydroxylation is 1. The lowest BCUT2D eigenvalue weighted by molar-refractivity contribution is -0.139. The maximum atomic E-state index is 12.7. The first-order valence-corrected chi connectivity index (χ1v) is 11.0. The molecule has 3 aromatic heterocycles. The van der Waals surface area contributed by atoms with E-state index in [2.05, 4.69) is 20.1 Å². The minimum atomic E-state index is -0.372. The standard InChI is InChI=1S/C20H17ClN4O3S2/c1-11-15-8-16(18(27)23-20-22-14(10-29-20)7-17(26)28-2)30-19(15)25(24-11)9-12-3-5-13(21)6-4-12/h3-6,8,10H,7,9H2,1-2H3,(H,22,23,27). The molecule has 1 N–H and O–H groups in total. The zero-order chi connectivity index (χ0) is 21.3. The quantitative estimate of drug-likeness (QED) is 0.427. The van der Waals surface area contributed by atoms with Crippen LogP contribution in [0.25, 0.3) is 10.2 Å². The van der Waals surface area contributed by atoms with Gasteiger partial charge in [-0.3, -0.25) is 19.6 Å². The first-order chi connectivity index (χ1) is 14.4. The first kappa shape index (κ1) is 20.5. The summed E-state index contributed by atoms with van der Waals surface area (Å²) in [4.78, 5) is 29.8. The summed E-state index contributed by atoms with van der Waals surface area (Å²) in [6.07, 6.45) is 0.0749. The molecule has 30 heavy (non-hydrogen) atoms. The highest BCUT2D eigenvalue weighted by molar-refractivity contribution is 7.20. The molecule has 0 saturated carbocycles. The number of hydrogen-bond acceptors (Lipinski definition) is 7. The first-order valence-electron chi connectivity index (χ1n) is 8.97. The Hall–Kier alpha value is -2.75. The van der Waals surface area contributed by atoms with Crippen LogP contribution in [0.5, 0.6) is 0 Å². The summed E-state index contributed by atoms with van der Waals surface area (Å²) in [6.45, 7) is 2.52. The van der Waals surface area contributed by atoms with Crippen LogP contribution in [0.3, 0.4) is 0 Å². The van der Waals surface area contributed by atoms with Crippen molar-refractivity contribution in [3.63, 3.8) is 0 Å². The van der Waals surface area contributed by atoms with E-state index >= 15 is 0 Å². The number of rotatable bonds is 6. The van der Waals surface area contributed by atoms with Crippen molar-refractivity contribution < 1.29 is 14.3 Å². The summed E-state index contributed by atoms with van der Waals surface area (Å²) in [6, 6.07) is 9.46. The Balaban J connectivity index is 1.52. The van der Waals surface area contributed by atoms with Crippen LogP contribution in [0, 0.1) is 6.92 Å². The molecular weight excluding hydrogens is 444 g/mol. The number of anilines is 1. The van der Waals surface area contributed by atoms with Gasteiger partial charge in [0.2, 0.25) is 0 Å². The molecule has 1 aromatic carbocycles. The van der Waals surface area contributed by atoms with E-state index in [-0.39, 0.29) is 18.3 Å². The Morgan fingerprint density at radius 3 is 2.77 bits per heavy atom. The van der Waals surface area contributed by atoms with Crippen LogP contribution in [0.1, 0.15) is 26.6 Å². The molecule has 0 fully saturated rings. The molecule has 0 unspecified atom stereocenters. The molecule has 3 heterocycles. The van der Waals surface area contributed by atoms with Gasteiger partial charge in [0.25, 0.3) is 5.91 Å². The number of methoxy groups -OCH3 is 1. The summed E-state index contributed by atoms with van der Waals surface area (Å²) in [5, 5.41) is 11.2. The highest BCUT2D eigenvalue weighted by atomic mass is 35.5. The zero-order valence-corrected chi connectivity index (χ0v) is 18.5. The van der Waals surface area contributed by atoms with Crippen molar-refractivity contribution in [1.29, 1.82) is 0 Å². The van der Waals surface area contributed by atoms with Crippen molar-refractivity contribution >= 4 is 61.5 Å². The van der Waals surface area contributed by atoms with Crippen LogP contribution in [0.15, 0.2) is 35.7 Å². The van der Waals surface area contributed by atoms with Gasteiger partial charge in [-0.2, -0.15) is 5.10 Å². The lowest BCUT2D eigenvalue weighted by Gasteiger charge is -2.03. The van der Waals surface area contributed by atoms with Crippen molar-refractivity contribution in [2.24, 2.45) is 0 Å². The number of nitrogens with zero attached hydrogens (tertiary/aromatic N) is 3. The molecule has 7 nitrogen and oxygen atoms in total. The number of carbonyl (C=O) groups excluding carboxylic acids is 2. The van der Waals surface area contributed by atoms with Crippen LogP contribution in [-0.2, 0) is 22.5 Å². The van der Waals surface area contributed by atoms with Crippen molar-refractivity contribution in [1.82, 2.24) is 14.8 Å². The second kappa shape index (κ2) is 8.55. The van der Waals surface area contributed by atoms with Gasteiger partial charge in [-0.05, 0) is 30.7 Å². The smallest absolute Gasteiger partial charge is 0.311 e. The highest BCUT2D eigenvalue weighted by Crippen LogP contribution is 2.30. The van der Waals surface area contributed by atoms with Gasteiger partial charge in [-0.1, -0.05) is 23.7 Å². The van der Waals surface area contributed by atoms with E-state index in [1.165, 1.54) is 29.8 Å². The summed E-state index contributed by atoms with van der Waals surface area (Å²) < 4.78 is 6.53. The molecule has 0 aliphatic rings. The van der Waals surface area contributed by atoms with Crippen molar-refractivity contribution in [3.05, 3.63) is 62.6 Å². The number of esters is 1. The monoisotopic (exact) mass is 460 g/mol. The largest absolute Gasteiger partial charge is 0.469 e. The molecule has 4 aromatic rings. The maximum Gasteiger partial charge on any atom is 0.311 e. The number of carbonyl (C=O) groups is 2. The Kier molecular flexibility index (Phi) is 5.85. The van der Waals surface area contributed by atoms with E-state index in [4.69, 9.17) is 11.6 Å². The van der Waals surface area contributed by atoms with E-state index in [0.717, 1.165) is 21.5 Å². The van der Waals surface area contributed by atoms with Crippen LogP contribution in [0.4, 0.5) is 5.13 Å². The van der Waals surface area contributed by atoms with Crippen molar-refractivity contribution in [3.8, 4) is 0 Å². The number of ether oxygens (including phenoxy) is 1. The number of amides is 1. The second-order valence-electron chi connectivity index (χ2n) is 6.55. The number of nitrogens with one attached hydrogen (secondary N) is 1. The lowest BCUT2D eigenvalue weighted by Crippen LogP contribution is -2.10. The average Bonchev–Trinajstić information content (AvgIpc) is 3.42. The maximum absolute atomic E-state index is 12.7. The fourth-order valence-electron chi connectivity index (χ4n) is 2.92. The van der Waals surface area contributed by atoms with E-state index in [1.54, 1.807) is 5.38 Å². The zero-order valence-electron chi connectivity index (χ0n) is 16.1. The molecule has 154 valence electrons. The molecule has 4 rings (SSSR count). The number of aromatic nitrogens is 3. The minimum Gasteiger partial charge on any atom is -0.469 e. The average molecular weight is 461 g/mol. The van der Waals surface area contributed by atoms with Gasteiger partial charge >= 0.3 is 5.97 Å². The van der Waals surface area contributed by atoms with Gasteiger partial charge in [-0.15, -0.1) is 22.7 Å². The van der Waals surface area contributed by atoms with Gasteiger partial charge in [0.15, 0.2) is 5.13 Å². The van der Waals surface area contributed by atoms with Gasteiger partial charge in [0, 0.05) is 15.8 Å². The van der Waals surface area contributed by atoms with Crippen molar-refractivity contribution in [2.75, 3.05) is 12.4 Å². The number of thiazole rings is 1. The lowest BCUT2D eigenvalue weighted by atomic mass is 10.2. The second-order valence-corrected chi connectivity index (χ2v) is 8.88. The molecule has 1 amide bonds. The Morgan fingerprint density at radius 2 is 2.03 bits per heavy atom. The van der Waals surface area contributed by atoms with Gasteiger partial charge in [0.05, 0.1) is 36.3 Å². The topological polar surface area (TPSA) is 86.1 Å². The van der Waals surface area contributed by atoms with E-state index in [1.807, 2.05) is 41.9 Å². The molecule has 10 heteroatoms. The normalized spacial score (nSPS) is 11.0. The van der Waals surface area contributed by atoms with E-state index < -0.39 is 0 Å². The molecule has 0 radical (unpaired) electrons. The Labute approximate surface area is 185 Å². The highest BCUT2D eigenvalue weighted by Gasteiger charge is 2.18. The van der Waals surface area contributed by atoms with Crippen LogP contribution in [0.2, 0.25) is 5.02 Å². The van der Waals surface area contributed by atoms with E-state index in [0.29, 0.717) is 27.3 Å². The fourth-order valence-corrected chi connectivity index (χ4v) is 4.81. The van der Waals surface area contributed by atoms with Crippen molar-refractivity contribution in [2.45, 2.75) is 19.9 Å². The summed E-state index contributed by atoms with van der Waals surface area (Å²) in [5.41, 5.74) is 2.50. The third-order valence-corrected chi connectivity index (χ3v) is 6.61. The third kappa shape index (κ3) is 4.38. The fraction of sp³-hybridized carbons (Fsp3) is 0.200. The summed E-state index contributed by atoms with van der Waals surface area (Å²) in [5.74, 6) is -0.615. The number of hydrogen-bond donors (Lipinski definition) is 1. The molecule has 0 atom stereocenters. The molecule has 0 aliphatic carbocycles. The van der Waals surface area contributed by atoms with Gasteiger partial charge in [0.1, 0.15) is 4.83 Å². The van der Waals surface area contributed by atoms with Crippen LogP contribution < -0.4 is 5.32 Å². The number of thiophene rings is 1. The Morgan fingerprint density at radius 1 is 1.27 bits per heavy atom. The molecule has 0 aliphatic heterocycles. The summed E-state index contributed by atoms with van der Waals surface area (Å²) >= 11 is 8.61.